The van der Waals surface area contributed by atoms with Crippen LogP contribution in [0, 0.1) is 0 Å². The van der Waals surface area contributed by atoms with Gasteiger partial charge in [0.15, 0.2) is 5.58 Å². The number of fused-ring (bicyclic) bond motifs is 1. The van der Waals surface area contributed by atoms with E-state index >= 15 is 0 Å². The maximum atomic E-state index is 12.7. The fourth-order valence-electron chi connectivity index (χ4n) is 2.64. The lowest BCUT2D eigenvalue weighted by Gasteiger charge is -2.20. The van der Waals surface area contributed by atoms with Crippen LogP contribution in [0.25, 0.3) is 22.4 Å². The predicted octanol–water partition coefficient (Wildman–Crippen LogP) is 4.26. The number of hydrogen-bond donors (Lipinski definition) is 0. The second-order valence-electron chi connectivity index (χ2n) is 5.58. The number of pyridine rings is 1. The molecule has 0 unspecified atom stereocenters. The molecule has 1 amide bonds. The highest BCUT2D eigenvalue weighted by Gasteiger charge is 2.16. The van der Waals surface area contributed by atoms with Crippen molar-refractivity contribution >= 4 is 28.6 Å². The Morgan fingerprint density at radius 1 is 1.32 bits per heavy atom. The summed E-state index contributed by atoms with van der Waals surface area (Å²) in [5.74, 6) is 0.596. The van der Waals surface area contributed by atoms with E-state index in [1.165, 1.54) is 0 Å². The summed E-state index contributed by atoms with van der Waals surface area (Å²) in [5.41, 5.74) is 2.65. The number of hydrogen-bond acceptors (Lipinski definition) is 4. The minimum atomic E-state index is -0.0336. The molecule has 0 atom stereocenters. The van der Waals surface area contributed by atoms with Crippen LogP contribution in [0.4, 0.5) is 0 Å². The van der Waals surface area contributed by atoms with E-state index < -0.39 is 0 Å². The number of furan rings is 1. The second-order valence-corrected chi connectivity index (χ2v) is 5.98. The molecule has 5 nitrogen and oxygen atoms in total. The Morgan fingerprint density at radius 3 is 2.88 bits per heavy atom. The van der Waals surface area contributed by atoms with Crippen LogP contribution in [-0.2, 0) is 4.74 Å². The topological polar surface area (TPSA) is 55.6 Å². The number of rotatable bonds is 6. The summed E-state index contributed by atoms with van der Waals surface area (Å²) in [5, 5.41) is 0.514. The number of amides is 1. The van der Waals surface area contributed by atoms with Crippen LogP contribution < -0.4 is 0 Å². The van der Waals surface area contributed by atoms with Crippen LogP contribution in [-0.4, -0.2) is 42.6 Å². The Bertz CT molecular complexity index is 891. The number of methoxy groups -OCH3 is 1. The molecule has 0 aliphatic carbocycles. The molecule has 0 fully saturated rings. The molecule has 3 rings (SSSR count). The van der Waals surface area contributed by atoms with Gasteiger partial charge in [0.1, 0.15) is 11.3 Å². The number of halogens is 1. The van der Waals surface area contributed by atoms with Gasteiger partial charge in [-0.15, -0.1) is 0 Å². The van der Waals surface area contributed by atoms with Crippen LogP contribution in [0.3, 0.4) is 0 Å². The van der Waals surface area contributed by atoms with Crippen LogP contribution in [0.1, 0.15) is 17.3 Å². The molecule has 0 bridgehead atoms. The van der Waals surface area contributed by atoms with E-state index in [1.54, 1.807) is 30.3 Å². The summed E-state index contributed by atoms with van der Waals surface area (Å²) < 4.78 is 10.9. The van der Waals surface area contributed by atoms with Crippen LogP contribution in [0.15, 0.2) is 47.0 Å². The molecule has 0 aliphatic heterocycles. The molecule has 0 saturated heterocycles. The molecule has 0 aliphatic rings. The van der Waals surface area contributed by atoms with Crippen molar-refractivity contribution in [2.75, 3.05) is 26.8 Å². The standard InChI is InChI=1S/C19H19ClN2O3/c1-3-22(9-10-24-2)19(23)14-6-4-5-13(11-14)17-12-16-18(25-17)15(20)7-8-21-16/h4-8,11-12H,3,9-10H2,1-2H3. The van der Waals surface area contributed by atoms with Gasteiger partial charge in [0, 0.05) is 43.6 Å². The quantitative estimate of drug-likeness (QED) is 0.660. The van der Waals surface area contributed by atoms with Crippen LogP contribution >= 0.6 is 11.6 Å². The first-order valence-electron chi connectivity index (χ1n) is 8.06. The average molecular weight is 359 g/mol. The molecule has 0 saturated carbocycles. The maximum absolute atomic E-state index is 12.7. The van der Waals surface area contributed by atoms with E-state index in [4.69, 9.17) is 20.8 Å². The molecule has 2 aromatic heterocycles. The number of carbonyl (C=O) groups is 1. The normalized spacial score (nSPS) is 11.0. The minimum absolute atomic E-state index is 0.0336. The van der Waals surface area contributed by atoms with Crippen molar-refractivity contribution < 1.29 is 13.9 Å². The van der Waals surface area contributed by atoms with Crippen molar-refractivity contribution in [2.45, 2.75) is 6.92 Å². The number of nitrogens with zero attached hydrogens (tertiary/aromatic N) is 2. The van der Waals surface area contributed by atoms with E-state index in [2.05, 4.69) is 4.98 Å². The highest BCUT2D eigenvalue weighted by Crippen LogP contribution is 2.31. The number of aromatic nitrogens is 1. The van der Waals surface area contributed by atoms with Gasteiger partial charge in [-0.25, -0.2) is 0 Å². The van der Waals surface area contributed by atoms with E-state index in [-0.39, 0.29) is 5.91 Å². The van der Waals surface area contributed by atoms with Crippen molar-refractivity contribution in [1.82, 2.24) is 9.88 Å². The Labute approximate surface area is 151 Å². The first-order chi connectivity index (χ1) is 12.1. The smallest absolute Gasteiger partial charge is 0.253 e. The molecule has 130 valence electrons. The van der Waals surface area contributed by atoms with Crippen LogP contribution in [0.5, 0.6) is 0 Å². The second kappa shape index (κ2) is 7.68. The summed E-state index contributed by atoms with van der Waals surface area (Å²) in [4.78, 5) is 18.7. The lowest BCUT2D eigenvalue weighted by atomic mass is 10.1. The molecule has 1 aromatic carbocycles. The minimum Gasteiger partial charge on any atom is -0.453 e. The van der Waals surface area contributed by atoms with E-state index in [1.807, 2.05) is 31.2 Å². The monoisotopic (exact) mass is 358 g/mol. The van der Waals surface area contributed by atoms with E-state index in [0.717, 1.165) is 5.56 Å². The highest BCUT2D eigenvalue weighted by atomic mass is 35.5. The lowest BCUT2D eigenvalue weighted by Crippen LogP contribution is -2.33. The molecule has 2 heterocycles. The molecular formula is C19H19ClN2O3. The van der Waals surface area contributed by atoms with Gasteiger partial charge in [0.2, 0.25) is 0 Å². The van der Waals surface area contributed by atoms with Crippen molar-refractivity contribution in [3.63, 3.8) is 0 Å². The van der Waals surface area contributed by atoms with Gasteiger partial charge in [-0.1, -0.05) is 23.7 Å². The largest absolute Gasteiger partial charge is 0.453 e. The third kappa shape index (κ3) is 3.67. The molecular weight excluding hydrogens is 340 g/mol. The molecule has 0 spiro atoms. The highest BCUT2D eigenvalue weighted by molar-refractivity contribution is 6.34. The van der Waals surface area contributed by atoms with Gasteiger partial charge >= 0.3 is 0 Å². The zero-order valence-corrected chi connectivity index (χ0v) is 14.9. The van der Waals surface area contributed by atoms with E-state index in [0.29, 0.717) is 47.1 Å². The number of ether oxygens (including phenoxy) is 1. The zero-order chi connectivity index (χ0) is 17.8. The molecule has 25 heavy (non-hydrogen) atoms. The summed E-state index contributed by atoms with van der Waals surface area (Å²) in [7, 11) is 1.62. The molecule has 0 N–H and O–H groups in total. The summed E-state index contributed by atoms with van der Waals surface area (Å²) in [6.07, 6.45) is 1.64. The Kier molecular flexibility index (Phi) is 5.36. The number of carbonyl (C=O) groups excluding carboxylic acids is 1. The van der Waals surface area contributed by atoms with Gasteiger partial charge in [0.05, 0.1) is 11.6 Å². The van der Waals surface area contributed by atoms with Crippen molar-refractivity contribution in [1.29, 1.82) is 0 Å². The summed E-state index contributed by atoms with van der Waals surface area (Å²) in [6.45, 7) is 3.63. The number of likely N-dealkylation sites (N-methyl/N-ethyl adjacent to an activating group) is 1. The summed E-state index contributed by atoms with van der Waals surface area (Å²) in [6, 6.07) is 10.9. The molecule has 0 radical (unpaired) electrons. The van der Waals surface area contributed by atoms with Crippen molar-refractivity contribution in [3.05, 3.63) is 53.2 Å². The first kappa shape index (κ1) is 17.5. The van der Waals surface area contributed by atoms with Gasteiger partial charge < -0.3 is 14.1 Å². The fraction of sp³-hybridized carbons (Fsp3) is 0.263. The van der Waals surface area contributed by atoms with Crippen LogP contribution in [0.2, 0.25) is 5.02 Å². The average Bonchev–Trinajstić information content (AvgIpc) is 3.08. The van der Waals surface area contributed by atoms with E-state index in [9.17, 15) is 4.79 Å². The first-order valence-corrected chi connectivity index (χ1v) is 8.44. The predicted molar refractivity (Wildman–Crippen MR) is 97.9 cm³/mol. The molecule has 3 aromatic rings. The third-order valence-electron chi connectivity index (χ3n) is 3.99. The van der Waals surface area contributed by atoms with Crippen molar-refractivity contribution in [3.8, 4) is 11.3 Å². The van der Waals surface area contributed by atoms with Gasteiger partial charge in [-0.3, -0.25) is 9.78 Å². The number of benzene rings is 1. The maximum Gasteiger partial charge on any atom is 0.253 e. The fourth-order valence-corrected chi connectivity index (χ4v) is 2.83. The Balaban J connectivity index is 1.92. The van der Waals surface area contributed by atoms with Crippen molar-refractivity contribution in [2.24, 2.45) is 0 Å². The van der Waals surface area contributed by atoms with Gasteiger partial charge in [-0.2, -0.15) is 0 Å². The third-order valence-corrected chi connectivity index (χ3v) is 4.29. The van der Waals surface area contributed by atoms with Gasteiger partial charge in [-0.05, 0) is 25.1 Å². The SMILES string of the molecule is CCN(CCOC)C(=O)c1cccc(-c2cc3nccc(Cl)c3o2)c1. The van der Waals surface area contributed by atoms with Gasteiger partial charge in [0.25, 0.3) is 5.91 Å². The Morgan fingerprint density at radius 2 is 2.16 bits per heavy atom. The zero-order valence-electron chi connectivity index (χ0n) is 14.2. The Hall–Kier alpha value is -2.37. The molecule has 6 heteroatoms. The lowest BCUT2D eigenvalue weighted by molar-refractivity contribution is 0.0706. The summed E-state index contributed by atoms with van der Waals surface area (Å²) >= 11 is 6.14.